The van der Waals surface area contributed by atoms with Crippen molar-refractivity contribution in [2.45, 2.75) is 31.1 Å². The highest BCUT2D eigenvalue weighted by Gasteiger charge is 2.22. The van der Waals surface area contributed by atoms with E-state index in [-0.39, 0.29) is 11.9 Å². The molecule has 1 aliphatic rings. The number of rotatable bonds is 4. The first-order valence-electron chi connectivity index (χ1n) is 7.12. The molecule has 21 heavy (non-hydrogen) atoms. The van der Waals surface area contributed by atoms with Crippen molar-refractivity contribution in [3.8, 4) is 0 Å². The smallest absolute Gasteiger partial charge is 0.319 e. The van der Waals surface area contributed by atoms with E-state index in [4.69, 9.17) is 0 Å². The molecule has 1 aliphatic heterocycles. The molecular formula is C15H21N3O2S. The van der Waals surface area contributed by atoms with E-state index in [9.17, 15) is 9.59 Å². The van der Waals surface area contributed by atoms with Crippen LogP contribution in [0.3, 0.4) is 0 Å². The van der Waals surface area contributed by atoms with Crippen LogP contribution in [-0.4, -0.2) is 30.8 Å². The van der Waals surface area contributed by atoms with Gasteiger partial charge < -0.3 is 16.0 Å². The van der Waals surface area contributed by atoms with E-state index in [1.54, 1.807) is 11.8 Å². The lowest BCUT2D eigenvalue weighted by Crippen LogP contribution is -2.46. The summed E-state index contributed by atoms with van der Waals surface area (Å²) in [5.41, 5.74) is 1.95. The quantitative estimate of drug-likeness (QED) is 0.799. The van der Waals surface area contributed by atoms with Crippen LogP contribution in [0.2, 0.25) is 0 Å². The molecule has 1 fully saturated rings. The van der Waals surface area contributed by atoms with Crippen LogP contribution in [0.5, 0.6) is 0 Å². The first kappa shape index (κ1) is 15.7. The third kappa shape index (κ3) is 4.97. The Labute approximate surface area is 129 Å². The van der Waals surface area contributed by atoms with E-state index >= 15 is 0 Å². The molecule has 1 heterocycles. The number of carbonyl (C=O) groups is 2. The minimum atomic E-state index is -0.441. The van der Waals surface area contributed by atoms with Gasteiger partial charge in [0.05, 0.1) is 0 Å². The van der Waals surface area contributed by atoms with Crippen molar-refractivity contribution in [3.63, 3.8) is 0 Å². The fraction of sp³-hybridized carbons (Fsp3) is 0.467. The second-order valence-electron chi connectivity index (χ2n) is 5.07. The molecule has 1 saturated heterocycles. The van der Waals surface area contributed by atoms with Crippen LogP contribution in [0, 0.1) is 0 Å². The number of benzene rings is 1. The molecule has 3 N–H and O–H groups in total. The van der Waals surface area contributed by atoms with Gasteiger partial charge in [-0.1, -0.05) is 12.1 Å². The SMILES string of the molecule is CSCc1ccc(NC(=O)N[C@@H]2CCCCNC2=O)cc1. The van der Waals surface area contributed by atoms with Gasteiger partial charge in [-0.25, -0.2) is 4.79 Å². The lowest BCUT2D eigenvalue weighted by atomic mass is 10.1. The first-order chi connectivity index (χ1) is 10.2. The summed E-state index contributed by atoms with van der Waals surface area (Å²) in [6.07, 6.45) is 4.64. The molecule has 0 aromatic heterocycles. The van der Waals surface area contributed by atoms with Gasteiger partial charge in [-0.15, -0.1) is 0 Å². The molecule has 5 nitrogen and oxygen atoms in total. The van der Waals surface area contributed by atoms with Crippen molar-refractivity contribution in [2.75, 3.05) is 18.1 Å². The van der Waals surface area contributed by atoms with Gasteiger partial charge in [-0.2, -0.15) is 11.8 Å². The third-order valence-corrected chi connectivity index (χ3v) is 3.99. The van der Waals surface area contributed by atoms with E-state index in [0.29, 0.717) is 13.0 Å². The van der Waals surface area contributed by atoms with Gasteiger partial charge >= 0.3 is 6.03 Å². The van der Waals surface area contributed by atoms with Crippen LogP contribution in [0.1, 0.15) is 24.8 Å². The van der Waals surface area contributed by atoms with Gasteiger partial charge in [-0.3, -0.25) is 4.79 Å². The van der Waals surface area contributed by atoms with Crippen LogP contribution in [-0.2, 0) is 10.5 Å². The number of nitrogens with one attached hydrogen (secondary N) is 3. The zero-order valence-electron chi connectivity index (χ0n) is 12.1. The lowest BCUT2D eigenvalue weighted by molar-refractivity contribution is -0.122. The second kappa shape index (κ2) is 7.93. The van der Waals surface area contributed by atoms with Crippen LogP contribution in [0.25, 0.3) is 0 Å². The number of anilines is 1. The molecular weight excluding hydrogens is 286 g/mol. The predicted octanol–water partition coefficient (Wildman–Crippen LogP) is 2.34. The van der Waals surface area contributed by atoms with E-state index in [0.717, 1.165) is 24.3 Å². The van der Waals surface area contributed by atoms with Crippen LogP contribution >= 0.6 is 11.8 Å². The molecule has 0 bridgehead atoms. The second-order valence-corrected chi connectivity index (χ2v) is 5.93. The third-order valence-electron chi connectivity index (χ3n) is 3.36. The number of carbonyl (C=O) groups excluding carboxylic acids is 2. The molecule has 1 aromatic rings. The minimum absolute atomic E-state index is 0.0991. The van der Waals surface area contributed by atoms with Gasteiger partial charge in [0.2, 0.25) is 5.91 Å². The lowest BCUT2D eigenvalue weighted by Gasteiger charge is -2.15. The molecule has 0 saturated carbocycles. The van der Waals surface area contributed by atoms with Gasteiger partial charge in [0, 0.05) is 18.0 Å². The van der Waals surface area contributed by atoms with Gasteiger partial charge in [0.25, 0.3) is 0 Å². The maximum absolute atomic E-state index is 11.9. The van der Waals surface area contributed by atoms with Gasteiger partial charge in [0.1, 0.15) is 6.04 Å². The Morgan fingerprint density at radius 3 is 2.81 bits per heavy atom. The van der Waals surface area contributed by atoms with Crippen molar-refractivity contribution >= 4 is 29.4 Å². The number of hydrogen-bond acceptors (Lipinski definition) is 3. The summed E-state index contributed by atoms with van der Waals surface area (Å²) < 4.78 is 0. The van der Waals surface area contributed by atoms with Gasteiger partial charge in [-0.05, 0) is 43.2 Å². The Kier molecular flexibility index (Phi) is 5.92. The molecule has 0 aliphatic carbocycles. The number of thioether (sulfide) groups is 1. The molecule has 1 atom stereocenters. The van der Waals surface area contributed by atoms with Crippen LogP contribution in [0.15, 0.2) is 24.3 Å². The maximum Gasteiger partial charge on any atom is 0.319 e. The summed E-state index contributed by atoms with van der Waals surface area (Å²) >= 11 is 1.76. The first-order valence-corrected chi connectivity index (χ1v) is 8.51. The highest BCUT2D eigenvalue weighted by atomic mass is 32.2. The topological polar surface area (TPSA) is 70.2 Å². The number of urea groups is 1. The van der Waals surface area contributed by atoms with Crippen molar-refractivity contribution in [3.05, 3.63) is 29.8 Å². The van der Waals surface area contributed by atoms with Crippen molar-refractivity contribution in [2.24, 2.45) is 0 Å². The number of hydrogen-bond donors (Lipinski definition) is 3. The Morgan fingerprint density at radius 2 is 2.10 bits per heavy atom. The Bertz CT molecular complexity index is 490. The maximum atomic E-state index is 11.9. The van der Waals surface area contributed by atoms with E-state index in [2.05, 4.69) is 22.2 Å². The molecule has 1 aromatic carbocycles. The van der Waals surface area contributed by atoms with Crippen LogP contribution in [0.4, 0.5) is 10.5 Å². The largest absolute Gasteiger partial charge is 0.354 e. The summed E-state index contributed by atoms with van der Waals surface area (Å²) in [7, 11) is 0. The van der Waals surface area contributed by atoms with Crippen LogP contribution < -0.4 is 16.0 Å². The summed E-state index contributed by atoms with van der Waals surface area (Å²) in [4.78, 5) is 23.7. The fourth-order valence-electron chi connectivity index (χ4n) is 2.25. The normalized spacial score (nSPS) is 18.5. The summed E-state index contributed by atoms with van der Waals surface area (Å²) in [5.74, 6) is 0.854. The summed E-state index contributed by atoms with van der Waals surface area (Å²) in [5, 5.41) is 8.29. The summed E-state index contributed by atoms with van der Waals surface area (Å²) in [6, 6.07) is 6.95. The Hall–Kier alpha value is -1.69. The zero-order valence-corrected chi connectivity index (χ0v) is 13.0. The molecule has 114 valence electrons. The molecule has 0 spiro atoms. The molecule has 2 rings (SSSR count). The average Bonchev–Trinajstić information content (AvgIpc) is 2.67. The minimum Gasteiger partial charge on any atom is -0.354 e. The van der Waals surface area contributed by atoms with E-state index in [1.165, 1.54) is 5.56 Å². The molecule has 6 heteroatoms. The van der Waals surface area contributed by atoms with E-state index in [1.807, 2.05) is 24.3 Å². The highest BCUT2D eigenvalue weighted by molar-refractivity contribution is 7.97. The average molecular weight is 307 g/mol. The van der Waals surface area contributed by atoms with Crippen molar-refractivity contribution in [1.82, 2.24) is 10.6 Å². The van der Waals surface area contributed by atoms with Crippen molar-refractivity contribution < 1.29 is 9.59 Å². The Morgan fingerprint density at radius 1 is 1.33 bits per heavy atom. The summed E-state index contributed by atoms with van der Waals surface area (Å²) in [6.45, 7) is 0.690. The van der Waals surface area contributed by atoms with Gasteiger partial charge in [0.15, 0.2) is 0 Å². The molecule has 0 radical (unpaired) electrons. The van der Waals surface area contributed by atoms with Crippen molar-refractivity contribution in [1.29, 1.82) is 0 Å². The fourth-order valence-corrected chi connectivity index (χ4v) is 2.78. The monoisotopic (exact) mass is 307 g/mol. The predicted molar refractivity (Wildman–Crippen MR) is 86.5 cm³/mol. The zero-order chi connectivity index (χ0) is 15.1. The van der Waals surface area contributed by atoms with E-state index < -0.39 is 6.04 Å². The standard InChI is InChI=1S/C15H21N3O2S/c1-21-10-11-5-7-12(8-6-11)17-15(20)18-13-4-2-3-9-16-14(13)19/h5-8,13H,2-4,9-10H2,1H3,(H,16,19)(H2,17,18,20)/t13-/m1/s1. The molecule has 0 unspecified atom stereocenters. The highest BCUT2D eigenvalue weighted by Crippen LogP contribution is 2.14. The number of amides is 3. The molecule has 3 amide bonds. The Balaban J connectivity index is 1.87.